The number of benzene rings is 1. The number of halogens is 1. The highest BCUT2D eigenvalue weighted by atomic mass is 19.1. The van der Waals surface area contributed by atoms with Gasteiger partial charge >= 0.3 is 0 Å². The van der Waals surface area contributed by atoms with Crippen molar-refractivity contribution >= 4 is 0 Å². The largest absolute Gasteiger partial charge is 0.310 e. The topological polar surface area (TPSA) is 29.9 Å². The van der Waals surface area contributed by atoms with Gasteiger partial charge in [0.05, 0.1) is 12.4 Å². The summed E-state index contributed by atoms with van der Waals surface area (Å²) in [5, 5.41) is 7.51. The Kier molecular flexibility index (Phi) is 4.47. The van der Waals surface area contributed by atoms with E-state index in [1.165, 1.54) is 5.56 Å². The van der Waals surface area contributed by atoms with Crippen molar-refractivity contribution in [3.8, 4) is 5.69 Å². The summed E-state index contributed by atoms with van der Waals surface area (Å²) in [6.45, 7) is 2.51. The molecule has 18 heavy (non-hydrogen) atoms. The molecule has 0 saturated heterocycles. The molecule has 2 aromatic rings. The minimum Gasteiger partial charge on any atom is -0.310 e. The lowest BCUT2D eigenvalue weighted by molar-refractivity contribution is 0.446. The van der Waals surface area contributed by atoms with E-state index in [9.17, 15) is 4.39 Å². The summed E-state index contributed by atoms with van der Waals surface area (Å²) >= 11 is 0. The first-order valence-electron chi connectivity index (χ1n) is 6.20. The Bertz CT molecular complexity index is 468. The van der Waals surface area contributed by atoms with Crippen LogP contribution in [0.25, 0.3) is 5.69 Å². The molecule has 0 aliphatic carbocycles. The van der Waals surface area contributed by atoms with E-state index >= 15 is 0 Å². The Morgan fingerprint density at radius 2 is 2.28 bits per heavy atom. The predicted octanol–water partition coefficient (Wildman–Crippen LogP) is 2.88. The lowest BCUT2D eigenvalue weighted by Gasteiger charge is -2.14. The standard InChI is InChI=1S/C14H18FN3/c1-12(16-8-3-7-15)13-5-2-6-14(11-13)18-10-4-9-17-18/h2,4-6,9-12,16H,3,7-8H2,1H3. The Labute approximate surface area is 107 Å². The number of aromatic nitrogens is 2. The monoisotopic (exact) mass is 247 g/mol. The van der Waals surface area contributed by atoms with Crippen molar-refractivity contribution in [1.82, 2.24) is 15.1 Å². The third-order valence-electron chi connectivity index (χ3n) is 2.90. The van der Waals surface area contributed by atoms with E-state index in [2.05, 4.69) is 29.5 Å². The van der Waals surface area contributed by atoms with Crippen LogP contribution < -0.4 is 5.32 Å². The molecule has 0 spiro atoms. The highest BCUT2D eigenvalue weighted by Crippen LogP contribution is 2.16. The minimum atomic E-state index is -0.271. The van der Waals surface area contributed by atoms with Crippen LogP contribution in [0.5, 0.6) is 0 Å². The summed E-state index contributed by atoms with van der Waals surface area (Å²) in [6.07, 6.45) is 4.24. The van der Waals surface area contributed by atoms with Gasteiger partial charge < -0.3 is 5.32 Å². The molecule has 1 unspecified atom stereocenters. The fraction of sp³-hybridized carbons (Fsp3) is 0.357. The lowest BCUT2D eigenvalue weighted by Crippen LogP contribution is -2.20. The van der Waals surface area contributed by atoms with E-state index < -0.39 is 0 Å². The van der Waals surface area contributed by atoms with Gasteiger partial charge in [-0.1, -0.05) is 12.1 Å². The molecule has 0 bridgehead atoms. The smallest absolute Gasteiger partial charge is 0.0906 e. The van der Waals surface area contributed by atoms with E-state index in [1.807, 2.05) is 29.1 Å². The summed E-state index contributed by atoms with van der Waals surface area (Å²) in [7, 11) is 0. The fourth-order valence-corrected chi connectivity index (χ4v) is 1.86. The number of nitrogens with zero attached hydrogens (tertiary/aromatic N) is 2. The molecule has 1 N–H and O–H groups in total. The van der Waals surface area contributed by atoms with Crippen LogP contribution in [0.15, 0.2) is 42.7 Å². The molecule has 96 valence electrons. The van der Waals surface area contributed by atoms with Crippen molar-refractivity contribution in [2.24, 2.45) is 0 Å². The second-order valence-corrected chi connectivity index (χ2v) is 4.26. The molecule has 0 saturated carbocycles. The summed E-state index contributed by atoms with van der Waals surface area (Å²) in [5.74, 6) is 0. The third-order valence-corrected chi connectivity index (χ3v) is 2.90. The molecule has 0 fully saturated rings. The van der Waals surface area contributed by atoms with E-state index in [0.29, 0.717) is 13.0 Å². The Balaban J connectivity index is 2.07. The molecule has 1 atom stereocenters. The Morgan fingerprint density at radius 3 is 3.00 bits per heavy atom. The fourth-order valence-electron chi connectivity index (χ4n) is 1.86. The molecule has 0 aliphatic rings. The van der Waals surface area contributed by atoms with Crippen LogP contribution in [0, 0.1) is 0 Å². The highest BCUT2D eigenvalue weighted by Gasteiger charge is 2.05. The van der Waals surface area contributed by atoms with Gasteiger partial charge in [-0.25, -0.2) is 4.68 Å². The molecule has 1 aromatic heterocycles. The highest BCUT2D eigenvalue weighted by molar-refractivity contribution is 5.36. The van der Waals surface area contributed by atoms with E-state index in [1.54, 1.807) is 6.20 Å². The van der Waals surface area contributed by atoms with Crippen LogP contribution in [0.1, 0.15) is 24.9 Å². The van der Waals surface area contributed by atoms with Crippen molar-refractivity contribution in [2.75, 3.05) is 13.2 Å². The second kappa shape index (κ2) is 6.31. The third kappa shape index (κ3) is 3.17. The van der Waals surface area contributed by atoms with Crippen molar-refractivity contribution in [3.63, 3.8) is 0 Å². The first-order valence-corrected chi connectivity index (χ1v) is 6.20. The van der Waals surface area contributed by atoms with Crippen molar-refractivity contribution in [3.05, 3.63) is 48.3 Å². The maximum atomic E-state index is 12.0. The van der Waals surface area contributed by atoms with Gasteiger partial charge in [-0.2, -0.15) is 5.10 Å². The summed E-state index contributed by atoms with van der Waals surface area (Å²) in [6, 6.07) is 10.3. The quantitative estimate of drug-likeness (QED) is 0.795. The maximum absolute atomic E-state index is 12.0. The van der Waals surface area contributed by atoms with Crippen LogP contribution in [0.2, 0.25) is 0 Å². The summed E-state index contributed by atoms with van der Waals surface area (Å²) in [5.41, 5.74) is 2.22. The van der Waals surface area contributed by atoms with Gasteiger partial charge in [0.1, 0.15) is 0 Å². The summed E-state index contributed by atoms with van der Waals surface area (Å²) < 4.78 is 13.9. The number of rotatable bonds is 6. The molecule has 1 aromatic carbocycles. The van der Waals surface area contributed by atoms with Crippen LogP contribution in [-0.4, -0.2) is 23.0 Å². The van der Waals surface area contributed by atoms with Gasteiger partial charge in [0, 0.05) is 18.4 Å². The lowest BCUT2D eigenvalue weighted by atomic mass is 10.1. The molecular weight excluding hydrogens is 229 g/mol. The number of hydrogen-bond donors (Lipinski definition) is 1. The molecule has 0 radical (unpaired) electrons. The van der Waals surface area contributed by atoms with Crippen LogP contribution in [-0.2, 0) is 0 Å². The predicted molar refractivity (Wildman–Crippen MR) is 70.6 cm³/mol. The molecule has 3 nitrogen and oxygen atoms in total. The average molecular weight is 247 g/mol. The van der Waals surface area contributed by atoms with E-state index in [4.69, 9.17) is 0 Å². The second-order valence-electron chi connectivity index (χ2n) is 4.26. The van der Waals surface area contributed by atoms with Crippen molar-refractivity contribution in [2.45, 2.75) is 19.4 Å². The minimum absolute atomic E-state index is 0.215. The zero-order valence-electron chi connectivity index (χ0n) is 10.5. The molecule has 1 heterocycles. The number of nitrogens with one attached hydrogen (secondary N) is 1. The van der Waals surface area contributed by atoms with E-state index in [-0.39, 0.29) is 12.7 Å². The van der Waals surface area contributed by atoms with E-state index in [0.717, 1.165) is 5.69 Å². The molecule has 0 aliphatic heterocycles. The molecular formula is C14H18FN3. The zero-order chi connectivity index (χ0) is 12.8. The summed E-state index contributed by atoms with van der Waals surface area (Å²) in [4.78, 5) is 0. The van der Waals surface area contributed by atoms with Gasteiger partial charge in [0.15, 0.2) is 0 Å². The molecule has 4 heteroatoms. The number of alkyl halides is 1. The van der Waals surface area contributed by atoms with Gasteiger partial charge in [0.25, 0.3) is 0 Å². The van der Waals surface area contributed by atoms with Gasteiger partial charge in [0.2, 0.25) is 0 Å². The average Bonchev–Trinajstić information content (AvgIpc) is 2.93. The normalized spacial score (nSPS) is 12.6. The van der Waals surface area contributed by atoms with Crippen molar-refractivity contribution in [1.29, 1.82) is 0 Å². The molecule has 2 rings (SSSR count). The maximum Gasteiger partial charge on any atom is 0.0906 e. The SMILES string of the molecule is CC(NCCCF)c1cccc(-n2cccn2)c1. The first kappa shape index (κ1) is 12.8. The zero-order valence-corrected chi connectivity index (χ0v) is 10.5. The Hall–Kier alpha value is -1.68. The van der Waals surface area contributed by atoms with Gasteiger partial charge in [-0.3, -0.25) is 4.39 Å². The van der Waals surface area contributed by atoms with Crippen LogP contribution in [0.3, 0.4) is 0 Å². The van der Waals surface area contributed by atoms with Crippen molar-refractivity contribution < 1.29 is 4.39 Å². The number of hydrogen-bond acceptors (Lipinski definition) is 2. The van der Waals surface area contributed by atoms with Gasteiger partial charge in [-0.15, -0.1) is 0 Å². The van der Waals surface area contributed by atoms with Crippen LogP contribution in [0.4, 0.5) is 4.39 Å². The van der Waals surface area contributed by atoms with Gasteiger partial charge in [-0.05, 0) is 43.7 Å². The van der Waals surface area contributed by atoms with Crippen LogP contribution >= 0.6 is 0 Å². The molecule has 0 amide bonds. The first-order chi connectivity index (χ1) is 8.81. The Morgan fingerprint density at radius 1 is 1.39 bits per heavy atom.